The second-order valence-corrected chi connectivity index (χ2v) is 8.25. The Morgan fingerprint density at radius 3 is 2.33 bits per heavy atom. The van der Waals surface area contributed by atoms with E-state index in [0.717, 1.165) is 43.4 Å². The molecular weight excluding hydrogens is 362 g/mol. The quantitative estimate of drug-likeness (QED) is 0.336. The van der Waals surface area contributed by atoms with E-state index in [0.29, 0.717) is 5.00 Å². The van der Waals surface area contributed by atoms with Crippen LogP contribution in [0.5, 0.6) is 0 Å². The normalized spacial score (nSPS) is 12.0. The smallest absolute Gasteiger partial charge is 0.412 e. The molecule has 1 aromatic rings. The van der Waals surface area contributed by atoms with E-state index in [4.69, 9.17) is 4.74 Å². The first kappa shape index (κ1) is 23.5. The maximum atomic E-state index is 12.1. The molecule has 1 heterocycles. The second kappa shape index (κ2) is 13.6. The van der Waals surface area contributed by atoms with Crippen molar-refractivity contribution in [2.24, 2.45) is 0 Å². The highest BCUT2D eigenvalue weighted by molar-refractivity contribution is 7.16. The third-order valence-corrected chi connectivity index (χ3v) is 5.64. The van der Waals surface area contributed by atoms with Crippen molar-refractivity contribution in [3.05, 3.63) is 16.5 Å². The summed E-state index contributed by atoms with van der Waals surface area (Å²) in [5.74, 6) is -1.02. The van der Waals surface area contributed by atoms with Crippen molar-refractivity contribution in [1.29, 1.82) is 0 Å². The molecular formula is C21H35NO4S. The van der Waals surface area contributed by atoms with Crippen molar-refractivity contribution in [3.63, 3.8) is 0 Å². The lowest BCUT2D eigenvalue weighted by molar-refractivity contribution is 0.0698. The topological polar surface area (TPSA) is 75.6 Å². The van der Waals surface area contributed by atoms with Gasteiger partial charge in [-0.15, -0.1) is 11.3 Å². The van der Waals surface area contributed by atoms with Gasteiger partial charge < -0.3 is 9.84 Å². The summed E-state index contributed by atoms with van der Waals surface area (Å²) in [7, 11) is 0. The van der Waals surface area contributed by atoms with Crippen LogP contribution in [0.3, 0.4) is 0 Å². The maximum Gasteiger partial charge on any atom is 0.412 e. The fourth-order valence-electron chi connectivity index (χ4n) is 2.94. The van der Waals surface area contributed by atoms with E-state index in [1.807, 2.05) is 6.92 Å². The lowest BCUT2D eigenvalue weighted by atomic mass is 10.1. The Kier molecular flexibility index (Phi) is 11.8. The Morgan fingerprint density at radius 2 is 1.70 bits per heavy atom. The van der Waals surface area contributed by atoms with Crippen LogP contribution >= 0.6 is 11.3 Å². The molecule has 1 rings (SSSR count). The summed E-state index contributed by atoms with van der Waals surface area (Å²) < 4.78 is 5.37. The average molecular weight is 398 g/mol. The molecule has 154 valence electrons. The first-order chi connectivity index (χ1) is 13.0. The third kappa shape index (κ3) is 9.80. The summed E-state index contributed by atoms with van der Waals surface area (Å²) in [5.41, 5.74) is 0.149. The van der Waals surface area contributed by atoms with Crippen molar-refractivity contribution in [3.8, 4) is 0 Å². The van der Waals surface area contributed by atoms with E-state index in [1.54, 1.807) is 6.07 Å². The number of anilines is 1. The molecule has 5 nitrogen and oxygen atoms in total. The molecule has 1 unspecified atom stereocenters. The zero-order chi connectivity index (χ0) is 20.1. The van der Waals surface area contributed by atoms with Crippen LogP contribution in [0, 0.1) is 0 Å². The minimum absolute atomic E-state index is 0.149. The van der Waals surface area contributed by atoms with Crippen LogP contribution in [-0.4, -0.2) is 23.3 Å². The van der Waals surface area contributed by atoms with Crippen molar-refractivity contribution < 1.29 is 19.4 Å². The number of carbonyl (C=O) groups is 2. The molecule has 6 heteroatoms. The number of unbranched alkanes of at least 4 members (excludes halogenated alkanes) is 7. The Hall–Kier alpha value is -1.56. The van der Waals surface area contributed by atoms with Gasteiger partial charge in [0.2, 0.25) is 0 Å². The average Bonchev–Trinajstić information content (AvgIpc) is 3.01. The number of carboxylic acid groups (broad SMARTS) is 1. The molecule has 0 aliphatic carbocycles. The monoisotopic (exact) mass is 397 g/mol. The Morgan fingerprint density at radius 1 is 1.07 bits per heavy atom. The molecule has 27 heavy (non-hydrogen) atoms. The highest BCUT2D eigenvalue weighted by atomic mass is 32.1. The number of aryl methyl sites for hydroxylation is 1. The fourth-order valence-corrected chi connectivity index (χ4v) is 4.02. The van der Waals surface area contributed by atoms with Gasteiger partial charge in [-0.1, -0.05) is 58.8 Å². The molecule has 0 saturated heterocycles. The summed E-state index contributed by atoms with van der Waals surface area (Å²) in [4.78, 5) is 24.6. The summed E-state index contributed by atoms with van der Waals surface area (Å²) >= 11 is 1.34. The van der Waals surface area contributed by atoms with Gasteiger partial charge in [0.05, 0.1) is 5.56 Å². The van der Waals surface area contributed by atoms with Gasteiger partial charge in [0, 0.05) is 4.88 Å². The van der Waals surface area contributed by atoms with Crippen molar-refractivity contribution >= 4 is 28.4 Å². The minimum Gasteiger partial charge on any atom is -0.478 e. The number of carboxylic acids is 1. The standard InChI is InChI=1S/C21H35NO4S/c1-4-6-8-10-12-14-17-15-18(20(23)24)19(27-17)22-21(25)26-16(3)13-11-9-7-5-2/h15-16H,4-14H2,1-3H3,(H,22,25)(H,23,24). The van der Waals surface area contributed by atoms with E-state index < -0.39 is 12.1 Å². The van der Waals surface area contributed by atoms with E-state index in [2.05, 4.69) is 19.2 Å². The van der Waals surface area contributed by atoms with E-state index in [1.165, 1.54) is 43.4 Å². The van der Waals surface area contributed by atoms with Gasteiger partial charge >= 0.3 is 12.1 Å². The van der Waals surface area contributed by atoms with Gasteiger partial charge in [0.1, 0.15) is 11.1 Å². The Labute approximate surface area is 167 Å². The number of thiophene rings is 1. The second-order valence-electron chi connectivity index (χ2n) is 7.12. The number of aromatic carboxylic acids is 1. The van der Waals surface area contributed by atoms with Gasteiger partial charge in [-0.05, 0) is 38.7 Å². The zero-order valence-corrected chi connectivity index (χ0v) is 17.8. The number of nitrogens with one attached hydrogen (secondary N) is 1. The number of rotatable bonds is 14. The van der Waals surface area contributed by atoms with Gasteiger partial charge in [-0.2, -0.15) is 0 Å². The van der Waals surface area contributed by atoms with Crippen molar-refractivity contribution in [1.82, 2.24) is 0 Å². The van der Waals surface area contributed by atoms with Crippen molar-refractivity contribution in [2.45, 2.75) is 97.5 Å². The largest absolute Gasteiger partial charge is 0.478 e. The molecule has 0 saturated carbocycles. The lowest BCUT2D eigenvalue weighted by Gasteiger charge is -2.13. The number of hydrogen-bond acceptors (Lipinski definition) is 4. The highest BCUT2D eigenvalue weighted by Gasteiger charge is 2.18. The van der Waals surface area contributed by atoms with E-state index in [-0.39, 0.29) is 11.7 Å². The molecule has 1 atom stereocenters. The molecule has 2 N–H and O–H groups in total. The Bertz CT molecular complexity index is 571. The van der Waals surface area contributed by atoms with Crippen LogP contribution in [0.2, 0.25) is 0 Å². The molecule has 0 bridgehead atoms. The number of ether oxygens (including phenoxy) is 1. The van der Waals surface area contributed by atoms with Gasteiger partial charge in [-0.25, -0.2) is 9.59 Å². The van der Waals surface area contributed by atoms with E-state index >= 15 is 0 Å². The number of hydrogen-bond donors (Lipinski definition) is 2. The highest BCUT2D eigenvalue weighted by Crippen LogP contribution is 2.30. The first-order valence-corrected chi connectivity index (χ1v) is 11.1. The molecule has 0 aliphatic heterocycles. The molecule has 1 aromatic heterocycles. The summed E-state index contributed by atoms with van der Waals surface area (Å²) in [6.45, 7) is 6.22. The zero-order valence-electron chi connectivity index (χ0n) is 17.0. The molecule has 1 amide bonds. The van der Waals surface area contributed by atoms with Crippen LogP contribution in [0.15, 0.2) is 6.07 Å². The SMILES string of the molecule is CCCCCCCc1cc(C(=O)O)c(NC(=O)OC(C)CCCCCC)s1. The first-order valence-electron chi connectivity index (χ1n) is 10.3. The molecule has 0 spiro atoms. The number of carbonyl (C=O) groups excluding carboxylic acids is 1. The van der Waals surface area contributed by atoms with Gasteiger partial charge in [-0.3, -0.25) is 5.32 Å². The molecule has 0 aliphatic rings. The summed E-state index contributed by atoms with van der Waals surface area (Å²) in [6, 6.07) is 1.68. The third-order valence-electron chi connectivity index (χ3n) is 4.53. The summed E-state index contributed by atoms with van der Waals surface area (Å²) in [6.07, 6.45) is 11.3. The minimum atomic E-state index is -1.02. The Balaban J connectivity index is 2.51. The van der Waals surface area contributed by atoms with Crippen LogP contribution in [-0.2, 0) is 11.2 Å². The lowest BCUT2D eigenvalue weighted by Crippen LogP contribution is -2.20. The molecule has 0 fully saturated rings. The fraction of sp³-hybridized carbons (Fsp3) is 0.714. The predicted octanol–water partition coefficient (Wildman–Crippen LogP) is 6.87. The van der Waals surface area contributed by atoms with Crippen LogP contribution in [0.25, 0.3) is 0 Å². The molecule has 0 radical (unpaired) electrons. The molecule has 0 aromatic carbocycles. The van der Waals surface area contributed by atoms with E-state index in [9.17, 15) is 14.7 Å². The van der Waals surface area contributed by atoms with Crippen LogP contribution < -0.4 is 5.32 Å². The summed E-state index contributed by atoms with van der Waals surface area (Å²) in [5, 5.41) is 12.4. The van der Waals surface area contributed by atoms with Crippen LogP contribution in [0.1, 0.15) is 100 Å². The van der Waals surface area contributed by atoms with Crippen molar-refractivity contribution in [2.75, 3.05) is 5.32 Å². The van der Waals surface area contributed by atoms with Gasteiger partial charge in [0.25, 0.3) is 0 Å². The predicted molar refractivity (Wildman–Crippen MR) is 112 cm³/mol. The number of amides is 1. The maximum absolute atomic E-state index is 12.1. The van der Waals surface area contributed by atoms with Gasteiger partial charge in [0.15, 0.2) is 0 Å². The van der Waals surface area contributed by atoms with Crippen LogP contribution in [0.4, 0.5) is 9.80 Å².